The van der Waals surface area contributed by atoms with E-state index >= 15 is 0 Å². The van der Waals surface area contributed by atoms with E-state index in [2.05, 4.69) is 10.4 Å². The number of benzene rings is 1. The Morgan fingerprint density at radius 1 is 1.11 bits per heavy atom. The molecule has 2 unspecified atom stereocenters. The summed E-state index contributed by atoms with van der Waals surface area (Å²) in [5, 5.41) is 50.1. The van der Waals surface area contributed by atoms with E-state index in [1.54, 1.807) is 35.8 Å². The number of nitrogens with zero attached hydrogens (tertiary/aromatic N) is 3. The van der Waals surface area contributed by atoms with Crippen LogP contribution in [0.25, 0.3) is 10.9 Å². The van der Waals surface area contributed by atoms with Crippen LogP contribution in [0, 0.1) is 0 Å². The zero-order chi connectivity index (χ0) is 19.6. The first-order valence-electron chi connectivity index (χ1n) is 8.99. The van der Waals surface area contributed by atoms with Gasteiger partial charge in [-0.3, -0.25) is 14.4 Å². The minimum atomic E-state index is -2.50. The Morgan fingerprint density at radius 3 is 2.33 bits per heavy atom. The topological polar surface area (TPSA) is 131 Å². The van der Waals surface area contributed by atoms with E-state index in [9.17, 15) is 25.2 Å². The minimum absolute atomic E-state index is 0.0868. The van der Waals surface area contributed by atoms with E-state index < -0.39 is 35.6 Å². The number of aliphatic hydroxyl groups is 4. The van der Waals surface area contributed by atoms with Gasteiger partial charge in [0.25, 0.3) is 5.91 Å². The lowest BCUT2D eigenvalue weighted by Gasteiger charge is -2.58. The molecule has 5 N–H and O–H groups in total. The van der Waals surface area contributed by atoms with Crippen molar-refractivity contribution in [3.8, 4) is 0 Å². The highest BCUT2D eigenvalue weighted by Crippen LogP contribution is 2.42. The van der Waals surface area contributed by atoms with E-state index in [0.29, 0.717) is 24.6 Å². The summed E-state index contributed by atoms with van der Waals surface area (Å²) >= 11 is 0. The molecule has 27 heavy (non-hydrogen) atoms. The van der Waals surface area contributed by atoms with Crippen LogP contribution in [0.4, 0.5) is 0 Å². The van der Waals surface area contributed by atoms with Gasteiger partial charge in [-0.2, -0.15) is 5.10 Å². The van der Waals surface area contributed by atoms with Crippen molar-refractivity contribution in [2.45, 2.75) is 49.0 Å². The van der Waals surface area contributed by atoms with Crippen molar-refractivity contribution < 1.29 is 25.2 Å². The van der Waals surface area contributed by atoms with Gasteiger partial charge in [-0.05, 0) is 32.4 Å². The number of rotatable bonds is 2. The SMILES string of the molecule is CN1C2CCCC1C(O)(O)C(NC(=O)c1nn(C)c3ccccc13)C2(O)O. The molecule has 2 aliphatic rings. The van der Waals surface area contributed by atoms with Crippen LogP contribution in [0.2, 0.25) is 0 Å². The van der Waals surface area contributed by atoms with Crippen molar-refractivity contribution in [3.05, 3.63) is 30.0 Å². The average molecular weight is 376 g/mol. The van der Waals surface area contributed by atoms with E-state index in [1.165, 1.54) is 0 Å². The van der Waals surface area contributed by atoms with Crippen LogP contribution in [0.1, 0.15) is 29.8 Å². The summed E-state index contributed by atoms with van der Waals surface area (Å²) in [6, 6.07) is 4.03. The number of hydrogen-bond donors (Lipinski definition) is 5. The fourth-order valence-corrected chi connectivity index (χ4v) is 4.64. The zero-order valence-corrected chi connectivity index (χ0v) is 15.2. The Bertz CT molecular complexity index is 869. The molecule has 9 nitrogen and oxygen atoms in total. The second kappa shape index (κ2) is 5.98. The Hall–Kier alpha value is -2.04. The molecule has 0 radical (unpaired) electrons. The van der Waals surface area contributed by atoms with Crippen molar-refractivity contribution in [1.82, 2.24) is 20.0 Å². The van der Waals surface area contributed by atoms with Gasteiger partial charge in [-0.15, -0.1) is 0 Å². The molecular weight excluding hydrogens is 352 g/mol. The van der Waals surface area contributed by atoms with Crippen LogP contribution in [-0.2, 0) is 7.05 Å². The summed E-state index contributed by atoms with van der Waals surface area (Å²) in [5.41, 5.74) is 0.824. The third-order valence-electron chi connectivity index (χ3n) is 6.02. The van der Waals surface area contributed by atoms with Gasteiger partial charge in [0.1, 0.15) is 6.04 Å². The summed E-state index contributed by atoms with van der Waals surface area (Å²) in [5.74, 6) is -5.70. The van der Waals surface area contributed by atoms with Crippen LogP contribution in [0.15, 0.2) is 24.3 Å². The highest BCUT2D eigenvalue weighted by atomic mass is 16.5. The zero-order valence-electron chi connectivity index (χ0n) is 15.2. The number of para-hydroxylation sites is 1. The monoisotopic (exact) mass is 376 g/mol. The predicted octanol–water partition coefficient (Wildman–Crippen LogP) is -1.10. The fourth-order valence-electron chi connectivity index (χ4n) is 4.64. The number of fused-ring (bicyclic) bond motifs is 3. The van der Waals surface area contributed by atoms with Crippen molar-refractivity contribution >= 4 is 16.8 Å². The van der Waals surface area contributed by atoms with E-state index in [4.69, 9.17) is 0 Å². The molecule has 4 rings (SSSR count). The second-order valence-electron chi connectivity index (χ2n) is 7.59. The highest BCUT2D eigenvalue weighted by Gasteiger charge is 2.64. The molecule has 2 bridgehead atoms. The summed E-state index contributed by atoms with van der Waals surface area (Å²) < 4.78 is 1.55. The van der Waals surface area contributed by atoms with Crippen LogP contribution < -0.4 is 5.32 Å². The van der Waals surface area contributed by atoms with Gasteiger partial charge in [0, 0.05) is 12.4 Å². The Labute approximate surface area is 155 Å². The second-order valence-corrected chi connectivity index (χ2v) is 7.59. The van der Waals surface area contributed by atoms with Gasteiger partial charge >= 0.3 is 0 Å². The number of amides is 1. The van der Waals surface area contributed by atoms with Gasteiger partial charge in [0.15, 0.2) is 5.69 Å². The number of aryl methyl sites for hydroxylation is 1. The molecule has 9 heteroatoms. The molecule has 2 aliphatic heterocycles. The van der Waals surface area contributed by atoms with Crippen molar-refractivity contribution in [2.24, 2.45) is 7.05 Å². The van der Waals surface area contributed by atoms with Crippen molar-refractivity contribution in [2.75, 3.05) is 7.05 Å². The van der Waals surface area contributed by atoms with Crippen LogP contribution >= 0.6 is 0 Å². The summed E-state index contributed by atoms with van der Waals surface area (Å²) in [4.78, 5) is 14.4. The maximum absolute atomic E-state index is 12.9. The Balaban J connectivity index is 1.71. The molecule has 3 heterocycles. The summed E-state index contributed by atoms with van der Waals surface area (Å²) in [6.45, 7) is 0. The van der Waals surface area contributed by atoms with Crippen molar-refractivity contribution in [1.29, 1.82) is 0 Å². The first-order chi connectivity index (χ1) is 12.7. The largest absolute Gasteiger partial charge is 0.363 e. The van der Waals surface area contributed by atoms with Gasteiger partial charge < -0.3 is 25.7 Å². The molecule has 146 valence electrons. The molecule has 2 atom stereocenters. The average Bonchev–Trinajstić information content (AvgIpc) is 2.95. The minimum Gasteiger partial charge on any atom is -0.363 e. The Morgan fingerprint density at radius 2 is 1.70 bits per heavy atom. The first-order valence-corrected chi connectivity index (χ1v) is 8.99. The molecule has 1 amide bonds. The number of piperidine rings is 2. The quantitative estimate of drug-likeness (QED) is 0.421. The molecule has 0 saturated carbocycles. The van der Waals surface area contributed by atoms with E-state index in [0.717, 1.165) is 5.52 Å². The smallest absolute Gasteiger partial charge is 0.273 e. The van der Waals surface area contributed by atoms with Gasteiger partial charge in [-0.1, -0.05) is 18.2 Å². The van der Waals surface area contributed by atoms with Crippen molar-refractivity contribution in [3.63, 3.8) is 0 Å². The number of carbonyl (C=O) groups excluding carboxylic acids is 1. The standard InChI is InChI=1S/C18H24N4O5/c1-21-12-8-5-9-13(21)18(26,27)16(17(12,24)25)19-15(23)14-10-6-3-4-7-11(10)22(2)20-14/h3-4,6-7,12-13,16,24-27H,5,8-9H2,1-2H3,(H,19,23). The molecular formula is C18H24N4O5. The third-order valence-corrected chi connectivity index (χ3v) is 6.02. The predicted molar refractivity (Wildman–Crippen MR) is 95.5 cm³/mol. The fraction of sp³-hybridized carbons (Fsp3) is 0.556. The molecule has 0 aliphatic carbocycles. The van der Waals surface area contributed by atoms with Gasteiger partial charge in [-0.25, -0.2) is 0 Å². The highest BCUT2D eigenvalue weighted by molar-refractivity contribution is 6.05. The summed E-state index contributed by atoms with van der Waals surface area (Å²) in [6.07, 6.45) is 1.60. The molecule has 0 spiro atoms. The summed E-state index contributed by atoms with van der Waals surface area (Å²) in [7, 11) is 3.32. The van der Waals surface area contributed by atoms with E-state index in [-0.39, 0.29) is 5.69 Å². The van der Waals surface area contributed by atoms with Gasteiger partial charge in [0.2, 0.25) is 11.6 Å². The maximum atomic E-state index is 12.9. The number of aromatic nitrogens is 2. The maximum Gasteiger partial charge on any atom is 0.273 e. The molecule has 1 aromatic carbocycles. The van der Waals surface area contributed by atoms with E-state index in [1.807, 2.05) is 12.1 Å². The number of hydrogen-bond acceptors (Lipinski definition) is 7. The molecule has 1 aromatic heterocycles. The van der Waals surface area contributed by atoms with Crippen LogP contribution in [0.5, 0.6) is 0 Å². The first kappa shape index (κ1) is 18.3. The van der Waals surface area contributed by atoms with Crippen LogP contribution in [-0.4, -0.2) is 77.8 Å². The number of likely N-dealkylation sites (N-methyl/N-ethyl adjacent to an activating group) is 1. The lowest BCUT2D eigenvalue weighted by Crippen LogP contribution is -2.82. The lowest BCUT2D eigenvalue weighted by atomic mass is 9.73. The number of nitrogens with one attached hydrogen (secondary N) is 1. The molecule has 2 fully saturated rings. The van der Waals surface area contributed by atoms with Crippen LogP contribution in [0.3, 0.4) is 0 Å². The third kappa shape index (κ3) is 2.58. The van der Waals surface area contributed by atoms with Gasteiger partial charge in [0.05, 0.1) is 17.6 Å². The number of carbonyl (C=O) groups is 1. The lowest BCUT2D eigenvalue weighted by molar-refractivity contribution is -0.356. The Kier molecular flexibility index (Phi) is 4.06. The normalized spacial score (nSPS) is 29.6. The molecule has 2 aromatic rings. The molecule has 2 saturated heterocycles.